The van der Waals surface area contributed by atoms with Crippen molar-refractivity contribution in [1.82, 2.24) is 4.90 Å². The van der Waals surface area contributed by atoms with Crippen molar-refractivity contribution in [1.29, 1.82) is 0 Å². The minimum absolute atomic E-state index is 0.00125. The van der Waals surface area contributed by atoms with E-state index >= 15 is 0 Å². The summed E-state index contributed by atoms with van der Waals surface area (Å²) in [6, 6.07) is 7.31. The van der Waals surface area contributed by atoms with Crippen LogP contribution in [0.1, 0.15) is 5.76 Å². The van der Waals surface area contributed by atoms with Crippen molar-refractivity contribution in [2.24, 2.45) is 5.73 Å². The highest BCUT2D eigenvalue weighted by Crippen LogP contribution is 2.34. The fourth-order valence-electron chi connectivity index (χ4n) is 2.31. The molecule has 11 heteroatoms. The van der Waals surface area contributed by atoms with Gasteiger partial charge in [0.25, 0.3) is 16.8 Å². The Kier molecular flexibility index (Phi) is 5.02. The Bertz CT molecular complexity index is 1020. The lowest BCUT2D eigenvalue weighted by atomic mass is 10.1. The summed E-state index contributed by atoms with van der Waals surface area (Å²) in [5.41, 5.74) is 5.18. The molecule has 1 aromatic carbocycles. The molecule has 1 aliphatic heterocycles. The van der Waals surface area contributed by atoms with E-state index in [2.05, 4.69) is 0 Å². The summed E-state index contributed by atoms with van der Waals surface area (Å²) in [5, 5.41) is 10.4. The summed E-state index contributed by atoms with van der Waals surface area (Å²) in [4.78, 5) is 46.1. The molecule has 3 amide bonds. The number of hydrogen-bond donors (Lipinski definition) is 1. The van der Waals surface area contributed by atoms with E-state index in [0.717, 1.165) is 4.90 Å². The first-order valence-corrected chi connectivity index (χ1v) is 8.53. The first-order valence-electron chi connectivity index (χ1n) is 7.34. The molecule has 138 valence electrons. The second-order valence-corrected chi connectivity index (χ2v) is 6.76. The van der Waals surface area contributed by atoms with Crippen molar-refractivity contribution < 1.29 is 23.7 Å². The van der Waals surface area contributed by atoms with Crippen LogP contribution in [-0.2, 0) is 9.59 Å². The molecule has 27 heavy (non-hydrogen) atoms. The maximum absolute atomic E-state index is 12.2. The molecular formula is C16H10ClN3O6S. The number of nitrogens with zero attached hydrogens (tertiary/aromatic N) is 2. The first-order chi connectivity index (χ1) is 12.8. The number of thioether (sulfide) groups is 1. The van der Waals surface area contributed by atoms with E-state index in [1.807, 2.05) is 0 Å². The molecule has 2 aromatic rings. The molecule has 0 spiro atoms. The van der Waals surface area contributed by atoms with Gasteiger partial charge in [0.2, 0.25) is 5.91 Å². The highest BCUT2D eigenvalue weighted by molar-refractivity contribution is 8.18. The van der Waals surface area contributed by atoms with Gasteiger partial charge in [-0.05, 0) is 36.0 Å². The number of nitro benzene ring substituents is 1. The summed E-state index contributed by atoms with van der Waals surface area (Å²) in [6.07, 6.45) is 1.35. The highest BCUT2D eigenvalue weighted by Gasteiger charge is 2.36. The molecule has 1 aliphatic rings. The normalized spacial score (nSPS) is 15.6. The molecule has 0 radical (unpaired) electrons. The Balaban J connectivity index is 1.87. The van der Waals surface area contributed by atoms with Gasteiger partial charge in [0.15, 0.2) is 0 Å². The molecule has 1 aromatic heterocycles. The molecule has 0 bridgehead atoms. The lowest BCUT2D eigenvalue weighted by Crippen LogP contribution is -2.36. The second-order valence-electron chi connectivity index (χ2n) is 5.36. The lowest BCUT2D eigenvalue weighted by molar-refractivity contribution is -0.384. The number of nitro groups is 1. The van der Waals surface area contributed by atoms with Gasteiger partial charge in [-0.3, -0.25) is 29.4 Å². The minimum atomic E-state index is -0.803. The van der Waals surface area contributed by atoms with Gasteiger partial charge in [0.05, 0.1) is 9.83 Å². The average molecular weight is 408 g/mol. The standard InChI is InChI=1S/C16H10ClN3O6S/c17-10-3-1-8(5-11(10)20(24)25)12-4-2-9(26-12)6-13-15(22)19(7-14(18)21)16(23)27-13/h1-6H,7H2,(H2,18,21)/b13-6-. The fourth-order valence-corrected chi connectivity index (χ4v) is 3.32. The van der Waals surface area contributed by atoms with Crippen molar-refractivity contribution in [3.8, 4) is 11.3 Å². The number of rotatable bonds is 5. The van der Waals surface area contributed by atoms with Crippen LogP contribution in [0.15, 0.2) is 39.7 Å². The van der Waals surface area contributed by atoms with Crippen LogP contribution in [0.3, 0.4) is 0 Å². The topological polar surface area (TPSA) is 137 Å². The molecule has 2 N–H and O–H groups in total. The lowest BCUT2D eigenvalue weighted by Gasteiger charge is -2.08. The fraction of sp³-hybridized carbons (Fsp3) is 0.0625. The predicted octanol–water partition coefficient (Wildman–Crippen LogP) is 3.03. The number of halogens is 1. The third-order valence-electron chi connectivity index (χ3n) is 3.52. The van der Waals surface area contributed by atoms with Crippen LogP contribution in [0, 0.1) is 10.1 Å². The van der Waals surface area contributed by atoms with Crippen molar-refractivity contribution in [2.75, 3.05) is 6.54 Å². The number of nitrogens with two attached hydrogens (primary N) is 1. The smallest absolute Gasteiger partial charge is 0.294 e. The molecule has 0 atom stereocenters. The van der Waals surface area contributed by atoms with E-state index in [9.17, 15) is 24.5 Å². The number of imide groups is 1. The SMILES string of the molecule is NC(=O)CN1C(=O)S/C(=C\c2ccc(-c3ccc(Cl)c([N+](=O)[O-])c3)o2)C1=O. The molecular weight excluding hydrogens is 398 g/mol. The molecule has 0 saturated carbocycles. The van der Waals surface area contributed by atoms with Gasteiger partial charge in [-0.25, -0.2) is 0 Å². The number of furan rings is 1. The molecule has 1 saturated heterocycles. The predicted molar refractivity (Wildman–Crippen MR) is 97.7 cm³/mol. The number of hydrogen-bond acceptors (Lipinski definition) is 7. The van der Waals surface area contributed by atoms with Crippen molar-refractivity contribution in [3.05, 3.63) is 56.1 Å². The van der Waals surface area contributed by atoms with Crippen molar-refractivity contribution >= 4 is 52.2 Å². The van der Waals surface area contributed by atoms with Crippen LogP contribution >= 0.6 is 23.4 Å². The molecule has 0 unspecified atom stereocenters. The second kappa shape index (κ2) is 7.25. The van der Waals surface area contributed by atoms with Gasteiger partial charge >= 0.3 is 0 Å². The van der Waals surface area contributed by atoms with Crippen molar-refractivity contribution in [3.63, 3.8) is 0 Å². The van der Waals surface area contributed by atoms with Crippen LogP contribution < -0.4 is 5.73 Å². The Morgan fingerprint density at radius 3 is 2.74 bits per heavy atom. The summed E-state index contributed by atoms with van der Waals surface area (Å²) < 4.78 is 5.58. The van der Waals surface area contributed by atoms with Gasteiger partial charge in [-0.15, -0.1) is 0 Å². The molecule has 2 heterocycles. The zero-order valence-electron chi connectivity index (χ0n) is 13.4. The van der Waals surface area contributed by atoms with E-state index < -0.39 is 28.5 Å². The van der Waals surface area contributed by atoms with E-state index in [-0.39, 0.29) is 21.4 Å². The zero-order valence-corrected chi connectivity index (χ0v) is 15.0. The third kappa shape index (κ3) is 3.86. The summed E-state index contributed by atoms with van der Waals surface area (Å²) in [7, 11) is 0. The highest BCUT2D eigenvalue weighted by atomic mass is 35.5. The number of carbonyl (C=O) groups is 3. The van der Waals surface area contributed by atoms with Crippen molar-refractivity contribution in [2.45, 2.75) is 0 Å². The van der Waals surface area contributed by atoms with Gasteiger partial charge in [0, 0.05) is 17.7 Å². The summed E-state index contributed by atoms with van der Waals surface area (Å²) >= 11 is 6.44. The van der Waals surface area contributed by atoms with Crippen LogP contribution in [0.25, 0.3) is 17.4 Å². The molecule has 1 fully saturated rings. The number of benzene rings is 1. The summed E-state index contributed by atoms with van der Waals surface area (Å²) in [5.74, 6) is -0.878. The van der Waals surface area contributed by atoms with Crippen LogP contribution in [0.5, 0.6) is 0 Å². The Labute approximate surface area is 160 Å². The van der Waals surface area contributed by atoms with E-state index in [4.69, 9.17) is 21.8 Å². The molecule has 0 aliphatic carbocycles. The number of amides is 3. The minimum Gasteiger partial charge on any atom is -0.457 e. The van der Waals surface area contributed by atoms with E-state index in [1.165, 1.54) is 24.3 Å². The maximum Gasteiger partial charge on any atom is 0.294 e. The quantitative estimate of drug-likeness (QED) is 0.456. The number of carbonyl (C=O) groups excluding carboxylic acids is 3. The number of primary amides is 1. The molecule has 3 rings (SSSR count). The van der Waals surface area contributed by atoms with E-state index in [1.54, 1.807) is 12.1 Å². The summed E-state index contributed by atoms with van der Waals surface area (Å²) in [6.45, 7) is -0.500. The first kappa shape index (κ1) is 18.7. The molecule has 9 nitrogen and oxygen atoms in total. The Morgan fingerprint density at radius 2 is 2.07 bits per heavy atom. The monoisotopic (exact) mass is 407 g/mol. The van der Waals surface area contributed by atoms with Crippen LogP contribution in [-0.4, -0.2) is 33.4 Å². The zero-order chi connectivity index (χ0) is 19.7. The third-order valence-corrected chi connectivity index (χ3v) is 4.74. The largest absolute Gasteiger partial charge is 0.457 e. The van der Waals surface area contributed by atoms with Gasteiger partial charge in [-0.2, -0.15) is 0 Å². The Morgan fingerprint density at radius 1 is 1.33 bits per heavy atom. The van der Waals surface area contributed by atoms with Crippen LogP contribution in [0.4, 0.5) is 10.5 Å². The van der Waals surface area contributed by atoms with Gasteiger partial charge < -0.3 is 10.2 Å². The van der Waals surface area contributed by atoms with Crippen LogP contribution in [0.2, 0.25) is 5.02 Å². The maximum atomic E-state index is 12.2. The Hall–Kier alpha value is -3.11. The van der Waals surface area contributed by atoms with Gasteiger partial charge in [-0.1, -0.05) is 11.6 Å². The van der Waals surface area contributed by atoms with E-state index in [0.29, 0.717) is 23.1 Å². The average Bonchev–Trinajstić information content (AvgIpc) is 3.15. The van der Waals surface area contributed by atoms with Gasteiger partial charge in [0.1, 0.15) is 23.1 Å².